The molecule has 0 heterocycles. The zero-order valence-electron chi connectivity index (χ0n) is 11.2. The standard InChI is InChI=1S/C14H17ClN2O3/c1-14(3-2-4-14)8-16-13(20)17-11-6-9(12(18)19)5-10(15)7-11/h5-7H,2-4,8H2,1H3,(H,18,19)(H2,16,17,20). The van der Waals surface area contributed by atoms with Gasteiger partial charge in [-0.1, -0.05) is 24.9 Å². The highest BCUT2D eigenvalue weighted by atomic mass is 35.5. The Morgan fingerprint density at radius 3 is 2.60 bits per heavy atom. The summed E-state index contributed by atoms with van der Waals surface area (Å²) in [4.78, 5) is 22.7. The van der Waals surface area contributed by atoms with Gasteiger partial charge in [0.15, 0.2) is 0 Å². The molecule has 0 atom stereocenters. The van der Waals surface area contributed by atoms with E-state index in [1.54, 1.807) is 0 Å². The second kappa shape index (κ2) is 5.71. The van der Waals surface area contributed by atoms with Gasteiger partial charge in [-0.3, -0.25) is 0 Å². The average Bonchev–Trinajstić information content (AvgIpc) is 2.33. The van der Waals surface area contributed by atoms with E-state index >= 15 is 0 Å². The maximum atomic E-state index is 11.8. The Bertz CT molecular complexity index is 541. The van der Waals surface area contributed by atoms with Crippen LogP contribution in [-0.2, 0) is 0 Å². The number of urea groups is 1. The van der Waals surface area contributed by atoms with Crippen LogP contribution < -0.4 is 10.6 Å². The van der Waals surface area contributed by atoms with Crippen LogP contribution in [0.15, 0.2) is 18.2 Å². The van der Waals surface area contributed by atoms with E-state index in [1.165, 1.54) is 24.6 Å². The minimum Gasteiger partial charge on any atom is -0.478 e. The maximum absolute atomic E-state index is 11.8. The van der Waals surface area contributed by atoms with E-state index in [0.29, 0.717) is 12.2 Å². The van der Waals surface area contributed by atoms with Crippen molar-refractivity contribution in [1.82, 2.24) is 5.32 Å². The van der Waals surface area contributed by atoms with Crippen LogP contribution in [0.4, 0.5) is 10.5 Å². The number of aromatic carboxylic acids is 1. The number of hydrogen-bond donors (Lipinski definition) is 3. The van der Waals surface area contributed by atoms with Crippen molar-refractivity contribution in [1.29, 1.82) is 0 Å². The summed E-state index contributed by atoms with van der Waals surface area (Å²) in [6, 6.07) is 3.87. The maximum Gasteiger partial charge on any atom is 0.335 e. The summed E-state index contributed by atoms with van der Waals surface area (Å²) >= 11 is 5.82. The number of carbonyl (C=O) groups excluding carboxylic acids is 1. The predicted octanol–water partition coefficient (Wildman–Crippen LogP) is 3.35. The van der Waals surface area contributed by atoms with E-state index in [0.717, 1.165) is 12.8 Å². The Balaban J connectivity index is 1.95. The van der Waals surface area contributed by atoms with Crippen LogP contribution in [0.2, 0.25) is 5.02 Å². The van der Waals surface area contributed by atoms with E-state index in [2.05, 4.69) is 17.6 Å². The summed E-state index contributed by atoms with van der Waals surface area (Å²) in [7, 11) is 0. The number of halogens is 1. The van der Waals surface area contributed by atoms with Gasteiger partial charge in [0.05, 0.1) is 5.56 Å². The molecule has 108 valence electrons. The molecular formula is C14H17ClN2O3. The Labute approximate surface area is 122 Å². The van der Waals surface area contributed by atoms with Crippen LogP contribution in [-0.4, -0.2) is 23.7 Å². The van der Waals surface area contributed by atoms with E-state index in [1.807, 2.05) is 0 Å². The summed E-state index contributed by atoms with van der Waals surface area (Å²) in [6.45, 7) is 2.75. The van der Waals surface area contributed by atoms with Crippen molar-refractivity contribution in [2.24, 2.45) is 5.41 Å². The zero-order chi connectivity index (χ0) is 14.8. The average molecular weight is 297 g/mol. The molecule has 0 radical (unpaired) electrons. The summed E-state index contributed by atoms with van der Waals surface area (Å²) in [6.07, 6.45) is 3.44. The van der Waals surface area contributed by atoms with Gasteiger partial charge in [-0.15, -0.1) is 0 Å². The SMILES string of the molecule is CC1(CNC(=O)Nc2cc(Cl)cc(C(=O)O)c2)CCC1. The number of carbonyl (C=O) groups is 2. The normalized spacial score (nSPS) is 16.1. The lowest BCUT2D eigenvalue weighted by atomic mass is 9.70. The van der Waals surface area contributed by atoms with Crippen molar-refractivity contribution in [3.05, 3.63) is 28.8 Å². The molecule has 2 rings (SSSR count). The van der Waals surface area contributed by atoms with Gasteiger partial charge in [-0.25, -0.2) is 9.59 Å². The fourth-order valence-electron chi connectivity index (χ4n) is 2.21. The first-order chi connectivity index (χ1) is 9.38. The molecule has 0 saturated heterocycles. The fourth-order valence-corrected chi connectivity index (χ4v) is 2.45. The van der Waals surface area contributed by atoms with Gasteiger partial charge < -0.3 is 15.7 Å². The number of carboxylic acids is 1. The van der Waals surface area contributed by atoms with E-state index in [9.17, 15) is 9.59 Å². The molecule has 5 nitrogen and oxygen atoms in total. The zero-order valence-corrected chi connectivity index (χ0v) is 12.0. The third kappa shape index (κ3) is 3.63. The Hall–Kier alpha value is -1.75. The van der Waals surface area contributed by atoms with Crippen LogP contribution in [0.25, 0.3) is 0 Å². The molecule has 0 bridgehead atoms. The lowest BCUT2D eigenvalue weighted by Crippen LogP contribution is -2.41. The van der Waals surface area contributed by atoms with Gasteiger partial charge in [0.2, 0.25) is 0 Å². The molecule has 3 N–H and O–H groups in total. The molecule has 1 fully saturated rings. The first kappa shape index (κ1) is 14.7. The predicted molar refractivity (Wildman–Crippen MR) is 77.4 cm³/mol. The molecule has 0 unspecified atom stereocenters. The van der Waals surface area contributed by atoms with Crippen LogP contribution >= 0.6 is 11.6 Å². The van der Waals surface area contributed by atoms with E-state index in [4.69, 9.17) is 16.7 Å². The number of carboxylic acid groups (broad SMARTS) is 1. The Morgan fingerprint density at radius 2 is 2.05 bits per heavy atom. The molecule has 1 aliphatic carbocycles. The van der Waals surface area contributed by atoms with Crippen LogP contribution in [0.5, 0.6) is 0 Å². The van der Waals surface area contributed by atoms with Crippen molar-refractivity contribution in [2.45, 2.75) is 26.2 Å². The number of hydrogen-bond acceptors (Lipinski definition) is 2. The molecule has 0 spiro atoms. The quantitative estimate of drug-likeness (QED) is 0.797. The third-order valence-electron chi connectivity index (χ3n) is 3.64. The van der Waals surface area contributed by atoms with Gasteiger partial charge in [-0.05, 0) is 36.5 Å². The number of nitrogens with one attached hydrogen (secondary N) is 2. The van der Waals surface area contributed by atoms with Crippen molar-refractivity contribution >= 4 is 29.3 Å². The first-order valence-corrected chi connectivity index (χ1v) is 6.85. The second-order valence-electron chi connectivity index (χ2n) is 5.51. The summed E-state index contributed by atoms with van der Waals surface area (Å²) in [5.74, 6) is -1.09. The summed E-state index contributed by atoms with van der Waals surface area (Å²) in [5.41, 5.74) is 0.600. The largest absolute Gasteiger partial charge is 0.478 e. The van der Waals surface area contributed by atoms with Crippen LogP contribution in [0.1, 0.15) is 36.5 Å². The number of amides is 2. The highest BCUT2D eigenvalue weighted by Crippen LogP contribution is 2.39. The van der Waals surface area contributed by atoms with Gasteiger partial charge in [-0.2, -0.15) is 0 Å². The van der Waals surface area contributed by atoms with E-state index < -0.39 is 5.97 Å². The molecule has 6 heteroatoms. The summed E-state index contributed by atoms with van der Waals surface area (Å²) in [5, 5.41) is 14.6. The minimum atomic E-state index is -1.09. The lowest BCUT2D eigenvalue weighted by Gasteiger charge is -2.38. The molecule has 1 aliphatic rings. The molecule has 2 amide bonds. The van der Waals surface area contributed by atoms with Crippen molar-refractivity contribution in [3.8, 4) is 0 Å². The van der Waals surface area contributed by atoms with Crippen molar-refractivity contribution < 1.29 is 14.7 Å². The topological polar surface area (TPSA) is 78.4 Å². The van der Waals surface area contributed by atoms with Crippen molar-refractivity contribution in [3.63, 3.8) is 0 Å². The fraction of sp³-hybridized carbons (Fsp3) is 0.429. The third-order valence-corrected chi connectivity index (χ3v) is 3.86. The number of anilines is 1. The van der Waals surface area contributed by atoms with Gasteiger partial charge >= 0.3 is 12.0 Å². The minimum absolute atomic E-state index is 0.0405. The second-order valence-corrected chi connectivity index (χ2v) is 5.94. The summed E-state index contributed by atoms with van der Waals surface area (Å²) < 4.78 is 0. The van der Waals surface area contributed by atoms with Crippen LogP contribution in [0.3, 0.4) is 0 Å². The lowest BCUT2D eigenvalue weighted by molar-refractivity contribution is 0.0697. The first-order valence-electron chi connectivity index (χ1n) is 6.47. The van der Waals surface area contributed by atoms with Crippen LogP contribution in [0, 0.1) is 5.41 Å². The molecule has 0 aromatic heterocycles. The molecule has 20 heavy (non-hydrogen) atoms. The van der Waals surface area contributed by atoms with E-state index in [-0.39, 0.29) is 22.0 Å². The number of rotatable bonds is 4. The molecule has 1 aromatic rings. The highest BCUT2D eigenvalue weighted by molar-refractivity contribution is 6.31. The smallest absolute Gasteiger partial charge is 0.335 e. The highest BCUT2D eigenvalue weighted by Gasteiger charge is 2.31. The number of benzene rings is 1. The Morgan fingerprint density at radius 1 is 1.35 bits per heavy atom. The molecule has 0 aliphatic heterocycles. The van der Waals surface area contributed by atoms with Gasteiger partial charge in [0, 0.05) is 17.3 Å². The van der Waals surface area contributed by atoms with Gasteiger partial charge in [0.25, 0.3) is 0 Å². The van der Waals surface area contributed by atoms with Gasteiger partial charge in [0.1, 0.15) is 0 Å². The monoisotopic (exact) mass is 296 g/mol. The molecule has 1 aromatic carbocycles. The molecular weight excluding hydrogens is 280 g/mol. The van der Waals surface area contributed by atoms with Crippen molar-refractivity contribution in [2.75, 3.05) is 11.9 Å². The Kier molecular flexibility index (Phi) is 4.18. The molecule has 1 saturated carbocycles.